The highest BCUT2D eigenvalue weighted by Crippen LogP contribution is 2.04. The van der Waals surface area contributed by atoms with E-state index in [0.717, 1.165) is 0 Å². The molecule has 1 atom stereocenters. The van der Waals surface area contributed by atoms with Crippen LogP contribution in [0.4, 0.5) is 0 Å². The fourth-order valence-corrected chi connectivity index (χ4v) is 1.03. The van der Waals surface area contributed by atoms with E-state index in [1.165, 1.54) is 19.1 Å². The number of hydrogen-bond acceptors (Lipinski definition) is 3. The lowest BCUT2D eigenvalue weighted by atomic mass is 10.3. The van der Waals surface area contributed by atoms with E-state index in [-0.39, 0.29) is 10.8 Å². The molecule has 1 aromatic rings. The molecular formula is C9H9ClN2O3. The molecule has 5 nitrogen and oxygen atoms in total. The van der Waals surface area contributed by atoms with E-state index in [1.54, 1.807) is 6.07 Å². The molecule has 0 radical (unpaired) electrons. The molecule has 1 heterocycles. The monoisotopic (exact) mass is 228 g/mol. The Morgan fingerprint density at radius 2 is 2.20 bits per heavy atom. The molecule has 0 spiro atoms. The van der Waals surface area contributed by atoms with E-state index in [9.17, 15) is 9.59 Å². The molecule has 0 saturated heterocycles. The first kappa shape index (κ1) is 11.5. The van der Waals surface area contributed by atoms with Crippen LogP contribution in [0.5, 0.6) is 0 Å². The number of pyridine rings is 1. The molecule has 15 heavy (non-hydrogen) atoms. The maximum absolute atomic E-state index is 11.4. The van der Waals surface area contributed by atoms with Crippen LogP contribution in [0.25, 0.3) is 0 Å². The minimum atomic E-state index is -1.11. The molecule has 0 aliphatic heterocycles. The Kier molecular flexibility index (Phi) is 3.62. The van der Waals surface area contributed by atoms with Gasteiger partial charge in [-0.1, -0.05) is 17.7 Å². The SMILES string of the molecule is C[C@@H](NC(=O)c1cccc(Cl)n1)C(=O)O. The first-order chi connectivity index (χ1) is 7.00. The van der Waals surface area contributed by atoms with E-state index < -0.39 is 17.9 Å². The molecule has 0 aromatic carbocycles. The third-order valence-corrected chi connectivity index (χ3v) is 1.88. The maximum atomic E-state index is 11.4. The molecular weight excluding hydrogens is 220 g/mol. The third-order valence-electron chi connectivity index (χ3n) is 1.67. The number of halogens is 1. The summed E-state index contributed by atoms with van der Waals surface area (Å²) in [6.07, 6.45) is 0. The number of carboxylic acids is 1. The fourth-order valence-electron chi connectivity index (χ4n) is 0.867. The summed E-state index contributed by atoms with van der Waals surface area (Å²) in [7, 11) is 0. The van der Waals surface area contributed by atoms with Crippen molar-refractivity contribution in [2.24, 2.45) is 0 Å². The minimum absolute atomic E-state index is 0.0931. The van der Waals surface area contributed by atoms with Crippen molar-refractivity contribution < 1.29 is 14.7 Å². The van der Waals surface area contributed by atoms with Gasteiger partial charge in [0.1, 0.15) is 16.9 Å². The van der Waals surface area contributed by atoms with Crippen molar-refractivity contribution in [2.45, 2.75) is 13.0 Å². The Morgan fingerprint density at radius 3 is 2.73 bits per heavy atom. The van der Waals surface area contributed by atoms with Gasteiger partial charge in [-0.05, 0) is 19.1 Å². The molecule has 1 amide bonds. The molecule has 2 N–H and O–H groups in total. The summed E-state index contributed by atoms with van der Waals surface area (Å²) in [6, 6.07) is 3.59. The average molecular weight is 229 g/mol. The Bertz CT molecular complexity index is 395. The smallest absolute Gasteiger partial charge is 0.325 e. The predicted molar refractivity (Wildman–Crippen MR) is 53.8 cm³/mol. The van der Waals surface area contributed by atoms with E-state index in [2.05, 4.69) is 10.3 Å². The summed E-state index contributed by atoms with van der Waals surface area (Å²) in [5, 5.41) is 11.0. The summed E-state index contributed by atoms with van der Waals surface area (Å²) in [6.45, 7) is 1.37. The van der Waals surface area contributed by atoms with Gasteiger partial charge in [0.05, 0.1) is 0 Å². The van der Waals surface area contributed by atoms with Gasteiger partial charge in [-0.3, -0.25) is 9.59 Å². The van der Waals surface area contributed by atoms with Crippen molar-refractivity contribution in [1.82, 2.24) is 10.3 Å². The molecule has 0 aliphatic carbocycles. The van der Waals surface area contributed by atoms with Gasteiger partial charge in [0, 0.05) is 0 Å². The van der Waals surface area contributed by atoms with E-state index in [0.29, 0.717) is 0 Å². The van der Waals surface area contributed by atoms with Gasteiger partial charge in [0.2, 0.25) is 0 Å². The Morgan fingerprint density at radius 1 is 1.53 bits per heavy atom. The molecule has 6 heteroatoms. The van der Waals surface area contributed by atoms with Crippen LogP contribution < -0.4 is 5.32 Å². The molecule has 0 bridgehead atoms. The van der Waals surface area contributed by atoms with Crippen LogP contribution in [-0.4, -0.2) is 28.0 Å². The quantitative estimate of drug-likeness (QED) is 0.755. The minimum Gasteiger partial charge on any atom is -0.480 e. The average Bonchev–Trinajstić information content (AvgIpc) is 2.17. The summed E-state index contributed by atoms with van der Waals surface area (Å²) in [5.41, 5.74) is 0.0931. The van der Waals surface area contributed by atoms with Crippen molar-refractivity contribution in [2.75, 3.05) is 0 Å². The summed E-state index contributed by atoms with van der Waals surface area (Å²) < 4.78 is 0. The number of aromatic nitrogens is 1. The summed E-state index contributed by atoms with van der Waals surface area (Å²) >= 11 is 5.58. The Labute approximate surface area is 91.1 Å². The molecule has 0 unspecified atom stereocenters. The van der Waals surface area contributed by atoms with Gasteiger partial charge in [-0.25, -0.2) is 4.98 Å². The second kappa shape index (κ2) is 4.75. The van der Waals surface area contributed by atoms with Crippen molar-refractivity contribution in [3.05, 3.63) is 29.0 Å². The van der Waals surface area contributed by atoms with Crippen LogP contribution in [0, 0.1) is 0 Å². The molecule has 0 fully saturated rings. The van der Waals surface area contributed by atoms with Gasteiger partial charge in [-0.15, -0.1) is 0 Å². The van der Waals surface area contributed by atoms with Crippen molar-refractivity contribution in [1.29, 1.82) is 0 Å². The first-order valence-electron chi connectivity index (χ1n) is 4.17. The van der Waals surface area contributed by atoms with Crippen LogP contribution in [0.2, 0.25) is 5.15 Å². The second-order valence-electron chi connectivity index (χ2n) is 2.88. The number of carbonyl (C=O) groups excluding carboxylic acids is 1. The zero-order valence-corrected chi connectivity index (χ0v) is 8.65. The number of amides is 1. The standard InChI is InChI=1S/C9H9ClN2O3/c1-5(9(14)15)11-8(13)6-3-2-4-7(10)12-6/h2-5H,1H3,(H,11,13)(H,14,15)/t5-/m1/s1. The lowest BCUT2D eigenvalue weighted by Gasteiger charge is -2.08. The number of rotatable bonds is 3. The van der Waals surface area contributed by atoms with Crippen LogP contribution in [0.3, 0.4) is 0 Å². The van der Waals surface area contributed by atoms with Crippen LogP contribution in [0.1, 0.15) is 17.4 Å². The number of nitrogens with one attached hydrogen (secondary N) is 1. The highest BCUT2D eigenvalue weighted by atomic mass is 35.5. The zero-order chi connectivity index (χ0) is 11.4. The number of nitrogens with zero attached hydrogens (tertiary/aromatic N) is 1. The van der Waals surface area contributed by atoms with Gasteiger partial charge in [0.15, 0.2) is 0 Å². The largest absolute Gasteiger partial charge is 0.480 e. The summed E-state index contributed by atoms with van der Waals surface area (Å²) in [5.74, 6) is -1.67. The van der Waals surface area contributed by atoms with Gasteiger partial charge in [-0.2, -0.15) is 0 Å². The zero-order valence-electron chi connectivity index (χ0n) is 7.90. The number of carboxylic acid groups (broad SMARTS) is 1. The topological polar surface area (TPSA) is 79.3 Å². The first-order valence-corrected chi connectivity index (χ1v) is 4.54. The van der Waals surface area contributed by atoms with Gasteiger partial charge >= 0.3 is 5.97 Å². The highest BCUT2D eigenvalue weighted by molar-refractivity contribution is 6.29. The van der Waals surface area contributed by atoms with E-state index in [4.69, 9.17) is 16.7 Å². The van der Waals surface area contributed by atoms with E-state index in [1.807, 2.05) is 0 Å². The van der Waals surface area contributed by atoms with Crippen LogP contribution in [0.15, 0.2) is 18.2 Å². The number of aliphatic carboxylic acids is 1. The number of hydrogen-bond donors (Lipinski definition) is 2. The second-order valence-corrected chi connectivity index (χ2v) is 3.27. The highest BCUT2D eigenvalue weighted by Gasteiger charge is 2.15. The Balaban J connectivity index is 2.73. The fraction of sp³-hybridized carbons (Fsp3) is 0.222. The molecule has 1 rings (SSSR count). The molecule has 1 aromatic heterocycles. The molecule has 80 valence electrons. The van der Waals surface area contributed by atoms with Crippen LogP contribution in [-0.2, 0) is 4.79 Å². The van der Waals surface area contributed by atoms with Crippen molar-refractivity contribution >= 4 is 23.5 Å². The molecule has 0 saturated carbocycles. The maximum Gasteiger partial charge on any atom is 0.325 e. The van der Waals surface area contributed by atoms with Crippen molar-refractivity contribution in [3.63, 3.8) is 0 Å². The van der Waals surface area contributed by atoms with E-state index >= 15 is 0 Å². The Hall–Kier alpha value is -1.62. The molecule has 0 aliphatic rings. The summed E-state index contributed by atoms with van der Waals surface area (Å²) in [4.78, 5) is 25.6. The third kappa shape index (κ3) is 3.21. The lowest BCUT2D eigenvalue weighted by Crippen LogP contribution is -2.38. The normalized spacial score (nSPS) is 11.9. The van der Waals surface area contributed by atoms with Gasteiger partial charge < -0.3 is 10.4 Å². The number of carbonyl (C=O) groups is 2. The lowest BCUT2D eigenvalue weighted by molar-refractivity contribution is -0.138. The van der Waals surface area contributed by atoms with Gasteiger partial charge in [0.25, 0.3) is 5.91 Å². The van der Waals surface area contributed by atoms with Crippen molar-refractivity contribution in [3.8, 4) is 0 Å². The van der Waals surface area contributed by atoms with Crippen LogP contribution >= 0.6 is 11.6 Å². The predicted octanol–water partition coefficient (Wildman–Crippen LogP) is 0.938.